The molecule has 1 aliphatic rings. The molecule has 1 amide bonds. The van der Waals surface area contributed by atoms with Crippen molar-refractivity contribution in [3.05, 3.63) is 52.8 Å². The Kier molecular flexibility index (Phi) is 4.98. The monoisotopic (exact) mass is 333 g/mol. The van der Waals surface area contributed by atoms with Crippen molar-refractivity contribution >= 4 is 17.5 Å². The fourth-order valence-corrected chi connectivity index (χ4v) is 3.16. The summed E-state index contributed by atoms with van der Waals surface area (Å²) in [6, 6.07) is 9.39. The zero-order valence-electron chi connectivity index (χ0n) is 13.0. The van der Waals surface area contributed by atoms with E-state index in [0.717, 1.165) is 17.7 Å². The lowest BCUT2D eigenvalue weighted by Crippen LogP contribution is -2.32. The van der Waals surface area contributed by atoms with Crippen molar-refractivity contribution in [1.82, 2.24) is 15.1 Å². The highest BCUT2D eigenvalue weighted by atomic mass is 35.5. The maximum absolute atomic E-state index is 12.2. The molecule has 3 rings (SSSR count). The van der Waals surface area contributed by atoms with Crippen molar-refractivity contribution in [3.63, 3.8) is 0 Å². The first-order valence-electron chi connectivity index (χ1n) is 7.75. The van der Waals surface area contributed by atoms with E-state index in [2.05, 4.69) is 10.4 Å². The molecule has 1 aromatic carbocycles. The summed E-state index contributed by atoms with van der Waals surface area (Å²) in [4.78, 5) is 12.2. The minimum Gasteiger partial charge on any atom is -0.372 e. The van der Waals surface area contributed by atoms with Gasteiger partial charge in [0.05, 0.1) is 12.1 Å². The van der Waals surface area contributed by atoms with E-state index in [1.165, 1.54) is 0 Å². The van der Waals surface area contributed by atoms with Crippen molar-refractivity contribution < 1.29 is 9.53 Å². The Hall–Kier alpha value is -1.85. The van der Waals surface area contributed by atoms with Gasteiger partial charge in [-0.2, -0.15) is 5.10 Å². The molecule has 0 radical (unpaired) electrons. The zero-order valence-corrected chi connectivity index (χ0v) is 13.8. The van der Waals surface area contributed by atoms with E-state index in [4.69, 9.17) is 16.3 Å². The highest BCUT2D eigenvalue weighted by Crippen LogP contribution is 2.33. The molecule has 2 aromatic rings. The highest BCUT2D eigenvalue weighted by Gasteiger charge is 2.31. The Balaban J connectivity index is 1.56. The van der Waals surface area contributed by atoms with E-state index in [1.807, 2.05) is 36.0 Å². The van der Waals surface area contributed by atoms with E-state index in [-0.39, 0.29) is 17.9 Å². The number of ether oxygens (including phenoxy) is 1. The van der Waals surface area contributed by atoms with Crippen LogP contribution in [0, 0.1) is 5.92 Å². The first kappa shape index (κ1) is 16.0. The van der Waals surface area contributed by atoms with Crippen LogP contribution in [0.2, 0.25) is 5.02 Å². The Morgan fingerprint density at radius 3 is 3.00 bits per heavy atom. The smallest absolute Gasteiger partial charge is 0.224 e. The van der Waals surface area contributed by atoms with Crippen LogP contribution in [0.15, 0.2) is 36.5 Å². The van der Waals surface area contributed by atoms with E-state index >= 15 is 0 Å². The molecule has 122 valence electrons. The number of nitrogens with one attached hydrogen (secondary N) is 1. The quantitative estimate of drug-likeness (QED) is 0.914. The van der Waals surface area contributed by atoms with Crippen molar-refractivity contribution in [1.29, 1.82) is 0 Å². The Labute approximate surface area is 140 Å². The van der Waals surface area contributed by atoms with Crippen LogP contribution in [-0.2, 0) is 23.0 Å². The van der Waals surface area contributed by atoms with Gasteiger partial charge >= 0.3 is 0 Å². The van der Waals surface area contributed by atoms with Gasteiger partial charge in [0.25, 0.3) is 0 Å². The molecule has 0 spiro atoms. The van der Waals surface area contributed by atoms with Crippen molar-refractivity contribution in [2.45, 2.75) is 18.9 Å². The van der Waals surface area contributed by atoms with E-state index in [0.29, 0.717) is 24.6 Å². The third-order valence-corrected chi connectivity index (χ3v) is 4.60. The number of carbonyl (C=O) groups excluding carboxylic acids is 1. The summed E-state index contributed by atoms with van der Waals surface area (Å²) in [6.07, 6.45) is 2.98. The lowest BCUT2D eigenvalue weighted by Gasteiger charge is -2.19. The normalized spacial score (nSPS) is 20.6. The minimum absolute atomic E-state index is 0.0110. The van der Waals surface area contributed by atoms with Crippen molar-refractivity contribution in [2.24, 2.45) is 13.0 Å². The standard InChI is InChI=1S/C17H20ClN3O2/c1-21-15(6-8-20-21)17-13(7-9-23-17)11-19-16(22)10-12-4-2-3-5-14(12)18/h2-6,8,13,17H,7,9-11H2,1H3,(H,19,22)/t13-,17+/m0/s1. The van der Waals surface area contributed by atoms with Gasteiger partial charge in [-0.3, -0.25) is 9.48 Å². The molecule has 2 heterocycles. The topological polar surface area (TPSA) is 56.1 Å². The van der Waals surface area contributed by atoms with Gasteiger partial charge in [0.15, 0.2) is 0 Å². The molecule has 23 heavy (non-hydrogen) atoms. The Bertz CT molecular complexity index is 686. The third kappa shape index (κ3) is 3.74. The number of aryl methyl sites for hydroxylation is 1. The van der Waals surface area contributed by atoms with Crippen LogP contribution in [0.5, 0.6) is 0 Å². The summed E-state index contributed by atoms with van der Waals surface area (Å²) in [5.41, 5.74) is 1.89. The van der Waals surface area contributed by atoms with Crippen LogP contribution in [-0.4, -0.2) is 28.8 Å². The molecular weight excluding hydrogens is 314 g/mol. The highest BCUT2D eigenvalue weighted by molar-refractivity contribution is 6.31. The van der Waals surface area contributed by atoms with Crippen LogP contribution in [0.1, 0.15) is 23.8 Å². The first-order chi connectivity index (χ1) is 11.1. The molecule has 1 aliphatic heterocycles. The SMILES string of the molecule is Cn1nccc1[C@@H]1OCC[C@H]1CNC(=O)Cc1ccccc1Cl. The molecule has 0 saturated carbocycles. The lowest BCUT2D eigenvalue weighted by atomic mass is 9.98. The number of carbonyl (C=O) groups is 1. The number of nitrogens with zero attached hydrogens (tertiary/aromatic N) is 2. The molecule has 1 N–H and O–H groups in total. The Morgan fingerprint density at radius 2 is 2.26 bits per heavy atom. The number of hydrogen-bond acceptors (Lipinski definition) is 3. The average molecular weight is 334 g/mol. The second kappa shape index (κ2) is 7.15. The molecule has 0 bridgehead atoms. The van der Waals surface area contributed by atoms with Crippen LogP contribution < -0.4 is 5.32 Å². The van der Waals surface area contributed by atoms with Gasteiger partial charge < -0.3 is 10.1 Å². The second-order valence-corrected chi connectivity index (χ2v) is 6.20. The van der Waals surface area contributed by atoms with E-state index < -0.39 is 0 Å². The van der Waals surface area contributed by atoms with Gasteiger partial charge in [0.1, 0.15) is 6.10 Å². The van der Waals surface area contributed by atoms with Crippen LogP contribution in [0.4, 0.5) is 0 Å². The molecule has 6 heteroatoms. The fourth-order valence-electron chi connectivity index (χ4n) is 2.96. The van der Waals surface area contributed by atoms with Gasteiger partial charge in [-0.1, -0.05) is 29.8 Å². The third-order valence-electron chi connectivity index (χ3n) is 4.23. The molecule has 0 unspecified atom stereocenters. The maximum atomic E-state index is 12.2. The summed E-state index contributed by atoms with van der Waals surface area (Å²) in [5.74, 6) is 0.245. The number of rotatable bonds is 5. The zero-order chi connectivity index (χ0) is 16.2. The first-order valence-corrected chi connectivity index (χ1v) is 8.12. The van der Waals surface area contributed by atoms with Gasteiger partial charge in [-0.15, -0.1) is 0 Å². The van der Waals surface area contributed by atoms with Crippen LogP contribution in [0.3, 0.4) is 0 Å². The number of aromatic nitrogens is 2. The number of hydrogen-bond donors (Lipinski definition) is 1. The van der Waals surface area contributed by atoms with Crippen molar-refractivity contribution in [2.75, 3.05) is 13.2 Å². The largest absolute Gasteiger partial charge is 0.372 e. The number of benzene rings is 1. The molecular formula is C17H20ClN3O2. The molecule has 0 aliphatic carbocycles. The number of amides is 1. The molecule has 1 saturated heterocycles. The summed E-state index contributed by atoms with van der Waals surface area (Å²) in [5, 5.41) is 7.82. The lowest BCUT2D eigenvalue weighted by molar-refractivity contribution is -0.120. The van der Waals surface area contributed by atoms with Gasteiger partial charge in [0, 0.05) is 37.3 Å². The predicted octanol–water partition coefficient (Wildman–Crippen LogP) is 2.51. The van der Waals surface area contributed by atoms with Gasteiger partial charge in [0.2, 0.25) is 5.91 Å². The Morgan fingerprint density at radius 1 is 1.43 bits per heavy atom. The summed E-state index contributed by atoms with van der Waals surface area (Å²) in [7, 11) is 1.91. The second-order valence-electron chi connectivity index (χ2n) is 5.79. The minimum atomic E-state index is -0.0197. The van der Waals surface area contributed by atoms with Gasteiger partial charge in [-0.25, -0.2) is 0 Å². The van der Waals surface area contributed by atoms with Crippen LogP contribution >= 0.6 is 11.6 Å². The summed E-state index contributed by atoms with van der Waals surface area (Å²) in [6.45, 7) is 1.31. The van der Waals surface area contributed by atoms with Crippen LogP contribution in [0.25, 0.3) is 0 Å². The predicted molar refractivity (Wildman–Crippen MR) is 88.2 cm³/mol. The van der Waals surface area contributed by atoms with Gasteiger partial charge in [-0.05, 0) is 24.1 Å². The average Bonchev–Trinajstić information content (AvgIpc) is 3.15. The molecule has 1 aromatic heterocycles. The van der Waals surface area contributed by atoms with E-state index in [1.54, 1.807) is 12.3 Å². The summed E-state index contributed by atoms with van der Waals surface area (Å²) < 4.78 is 7.66. The van der Waals surface area contributed by atoms with E-state index in [9.17, 15) is 4.79 Å². The molecule has 5 nitrogen and oxygen atoms in total. The summed E-state index contributed by atoms with van der Waals surface area (Å²) >= 11 is 6.09. The molecule has 2 atom stereocenters. The number of halogens is 1. The van der Waals surface area contributed by atoms with Crippen molar-refractivity contribution in [3.8, 4) is 0 Å². The fraction of sp³-hybridized carbons (Fsp3) is 0.412. The molecule has 1 fully saturated rings. The maximum Gasteiger partial charge on any atom is 0.224 e.